The van der Waals surface area contributed by atoms with Crippen molar-refractivity contribution in [3.63, 3.8) is 0 Å². The van der Waals surface area contributed by atoms with E-state index in [1.54, 1.807) is 27.9 Å². The first-order valence-electron chi connectivity index (χ1n) is 14.4. The monoisotopic (exact) mass is 590 g/mol. The SMILES string of the molecule is C/C=C(NC(C)=O)\C(=C/C(C)S(=O)n1cc(N2CCN(C(=O)OC(C)(C)C)CC2)c2ccccc21)OC.CC.CC. The minimum absolute atomic E-state index is 0.211. The zero-order valence-electron chi connectivity index (χ0n) is 26.7. The van der Waals surface area contributed by atoms with E-state index >= 15 is 0 Å². The second kappa shape index (κ2) is 16.9. The van der Waals surface area contributed by atoms with Gasteiger partial charge in [-0.2, -0.15) is 0 Å². The Labute approximate surface area is 249 Å². The lowest BCUT2D eigenvalue weighted by Crippen LogP contribution is -2.50. The molecule has 2 amide bonds. The van der Waals surface area contributed by atoms with Crippen molar-refractivity contribution in [2.45, 2.75) is 80.1 Å². The number of allylic oxidation sites excluding steroid dienone is 1. The number of para-hydroxylation sites is 1. The van der Waals surface area contributed by atoms with Crippen molar-refractivity contribution in [3.05, 3.63) is 54.1 Å². The molecule has 1 aliphatic heterocycles. The number of hydrogen-bond acceptors (Lipinski definition) is 6. The van der Waals surface area contributed by atoms with E-state index < -0.39 is 21.8 Å². The van der Waals surface area contributed by atoms with Crippen molar-refractivity contribution < 1.29 is 23.3 Å². The van der Waals surface area contributed by atoms with Crippen LogP contribution in [0.1, 0.15) is 69.2 Å². The Balaban J connectivity index is 0.00000201. The maximum absolute atomic E-state index is 13.7. The summed E-state index contributed by atoms with van der Waals surface area (Å²) in [4.78, 5) is 28.0. The standard InChI is InChI=1S/C27H38N4O5S.2C2H6/c1-8-22(28-20(3)32)25(35-7)17-19(2)37(34)31-18-24(21-11-9-10-12-23(21)31)29-13-15-30(16-14-29)26(33)36-27(4,5)6;2*1-2/h8-12,17-19H,13-16H2,1-7H3,(H,28,32);2*1-2H3/b22-8+,25-17+;;. The van der Waals surface area contributed by atoms with Gasteiger partial charge < -0.3 is 24.6 Å². The molecule has 1 saturated heterocycles. The fourth-order valence-corrected chi connectivity index (χ4v) is 5.33. The van der Waals surface area contributed by atoms with Gasteiger partial charge in [0.2, 0.25) is 5.91 Å². The summed E-state index contributed by atoms with van der Waals surface area (Å²) >= 11 is 0. The number of methoxy groups -OCH3 is 1. The number of carbonyl (C=O) groups excluding carboxylic acids is 2. The van der Waals surface area contributed by atoms with Gasteiger partial charge in [0.15, 0.2) is 0 Å². The number of ether oxygens (including phenoxy) is 2. The third-order valence-electron chi connectivity index (χ3n) is 5.91. The normalized spacial score (nSPS) is 15.6. The van der Waals surface area contributed by atoms with Crippen LogP contribution < -0.4 is 10.2 Å². The predicted molar refractivity (Wildman–Crippen MR) is 170 cm³/mol. The molecular weight excluding hydrogens is 540 g/mol. The van der Waals surface area contributed by atoms with Gasteiger partial charge in [-0.15, -0.1) is 0 Å². The maximum atomic E-state index is 13.7. The highest BCUT2D eigenvalue weighted by Gasteiger charge is 2.28. The highest BCUT2D eigenvalue weighted by Crippen LogP contribution is 2.31. The lowest BCUT2D eigenvalue weighted by molar-refractivity contribution is -0.118. The molecule has 2 heterocycles. The van der Waals surface area contributed by atoms with Crippen LogP contribution in [0.25, 0.3) is 10.9 Å². The number of piperazine rings is 1. The van der Waals surface area contributed by atoms with Crippen molar-refractivity contribution in [2.75, 3.05) is 38.2 Å². The number of rotatable bonds is 7. The molecule has 0 radical (unpaired) electrons. The molecule has 9 nitrogen and oxygen atoms in total. The largest absolute Gasteiger partial charge is 0.495 e. The summed E-state index contributed by atoms with van der Waals surface area (Å²) in [6.07, 6.45) is 5.12. The molecular formula is C31H50N4O5S. The molecule has 2 unspecified atom stereocenters. The average Bonchev–Trinajstić information content (AvgIpc) is 3.35. The highest BCUT2D eigenvalue weighted by molar-refractivity contribution is 7.84. The predicted octanol–water partition coefficient (Wildman–Crippen LogP) is 6.22. The molecule has 2 aromatic rings. The number of amides is 2. The topological polar surface area (TPSA) is 93.1 Å². The zero-order chi connectivity index (χ0) is 31.3. The van der Waals surface area contributed by atoms with Crippen molar-refractivity contribution >= 4 is 39.6 Å². The highest BCUT2D eigenvalue weighted by atomic mass is 32.2. The molecule has 0 bridgehead atoms. The Morgan fingerprint density at radius 3 is 2.15 bits per heavy atom. The van der Waals surface area contributed by atoms with Gasteiger partial charge in [0.25, 0.3) is 0 Å². The average molecular weight is 591 g/mol. The van der Waals surface area contributed by atoms with E-state index in [2.05, 4.69) is 10.2 Å². The summed E-state index contributed by atoms with van der Waals surface area (Å²) in [5.74, 6) is 0.242. The van der Waals surface area contributed by atoms with Crippen LogP contribution in [-0.2, 0) is 25.3 Å². The zero-order valence-corrected chi connectivity index (χ0v) is 27.6. The van der Waals surface area contributed by atoms with E-state index in [0.29, 0.717) is 37.6 Å². The Morgan fingerprint density at radius 2 is 1.63 bits per heavy atom. The molecule has 10 heteroatoms. The second-order valence-corrected chi connectivity index (χ2v) is 11.6. The Hall–Kier alpha value is -3.27. The van der Waals surface area contributed by atoms with Crippen LogP contribution in [0, 0.1) is 0 Å². The number of fused-ring (bicyclic) bond motifs is 1. The second-order valence-electron chi connectivity index (χ2n) is 9.91. The summed E-state index contributed by atoms with van der Waals surface area (Å²) in [6, 6.07) is 7.87. The van der Waals surface area contributed by atoms with Gasteiger partial charge in [-0.25, -0.2) is 9.00 Å². The minimum Gasteiger partial charge on any atom is -0.495 e. The molecule has 41 heavy (non-hydrogen) atoms. The van der Waals surface area contributed by atoms with Gasteiger partial charge in [0.05, 0.1) is 29.3 Å². The summed E-state index contributed by atoms with van der Waals surface area (Å²) in [7, 11) is 0.0644. The Bertz CT molecular complexity index is 1220. The van der Waals surface area contributed by atoms with Crippen molar-refractivity contribution in [3.8, 4) is 0 Å². The van der Waals surface area contributed by atoms with E-state index in [4.69, 9.17) is 9.47 Å². The van der Waals surface area contributed by atoms with Crippen molar-refractivity contribution in [2.24, 2.45) is 0 Å². The van der Waals surface area contributed by atoms with Crippen LogP contribution in [0.2, 0.25) is 0 Å². The Kier molecular flexibility index (Phi) is 14.7. The summed E-state index contributed by atoms with van der Waals surface area (Å²) in [5, 5.41) is 3.33. The van der Waals surface area contributed by atoms with E-state index in [-0.39, 0.29) is 12.0 Å². The van der Waals surface area contributed by atoms with Crippen LogP contribution in [0.4, 0.5) is 10.5 Å². The molecule has 0 saturated carbocycles. The number of benzene rings is 1. The third kappa shape index (κ3) is 9.95. The van der Waals surface area contributed by atoms with Crippen molar-refractivity contribution in [1.82, 2.24) is 14.2 Å². The number of aromatic nitrogens is 1. The molecule has 1 fully saturated rings. The number of nitrogens with zero attached hydrogens (tertiary/aromatic N) is 3. The summed E-state index contributed by atoms with van der Waals surface area (Å²) in [6.45, 7) is 21.0. The number of carbonyl (C=O) groups is 2. The first-order valence-corrected chi connectivity index (χ1v) is 15.6. The summed E-state index contributed by atoms with van der Waals surface area (Å²) in [5.41, 5.74) is 1.83. The number of hydrogen-bond donors (Lipinski definition) is 1. The molecule has 1 N–H and O–H groups in total. The van der Waals surface area contributed by atoms with Crippen LogP contribution in [0.5, 0.6) is 0 Å². The molecule has 0 aliphatic carbocycles. The fraction of sp³-hybridized carbons (Fsp3) is 0.548. The third-order valence-corrected chi connectivity index (χ3v) is 7.37. The van der Waals surface area contributed by atoms with Crippen LogP contribution in [0.15, 0.2) is 54.1 Å². The van der Waals surface area contributed by atoms with Crippen LogP contribution in [-0.4, -0.2) is 69.2 Å². The quantitative estimate of drug-likeness (QED) is 0.304. The lowest BCUT2D eigenvalue weighted by Gasteiger charge is -2.36. The van der Waals surface area contributed by atoms with Crippen LogP contribution >= 0.6 is 0 Å². The fourth-order valence-electron chi connectivity index (χ4n) is 4.17. The molecule has 230 valence electrons. The van der Waals surface area contributed by atoms with Crippen molar-refractivity contribution in [1.29, 1.82) is 0 Å². The number of nitrogens with one attached hydrogen (secondary N) is 1. The van der Waals surface area contributed by atoms with Gasteiger partial charge in [0, 0.05) is 44.7 Å². The van der Waals surface area contributed by atoms with Gasteiger partial charge in [-0.1, -0.05) is 52.0 Å². The van der Waals surface area contributed by atoms with Gasteiger partial charge >= 0.3 is 6.09 Å². The van der Waals surface area contributed by atoms with Crippen LogP contribution in [0.3, 0.4) is 0 Å². The maximum Gasteiger partial charge on any atom is 0.410 e. The smallest absolute Gasteiger partial charge is 0.410 e. The minimum atomic E-state index is -1.46. The van der Waals surface area contributed by atoms with E-state index in [0.717, 1.165) is 16.6 Å². The lowest BCUT2D eigenvalue weighted by atomic mass is 10.2. The number of anilines is 1. The molecule has 2 atom stereocenters. The van der Waals surface area contributed by atoms with E-state index in [1.807, 2.05) is 85.9 Å². The van der Waals surface area contributed by atoms with E-state index in [9.17, 15) is 13.8 Å². The molecule has 1 aliphatic rings. The first kappa shape index (κ1) is 35.8. The van der Waals surface area contributed by atoms with Gasteiger partial charge in [-0.05, 0) is 46.8 Å². The molecule has 1 aromatic heterocycles. The molecule has 0 spiro atoms. The molecule has 3 rings (SSSR count). The van der Waals surface area contributed by atoms with Gasteiger partial charge in [-0.3, -0.25) is 8.77 Å². The molecule has 1 aromatic carbocycles. The Morgan fingerprint density at radius 1 is 1.05 bits per heavy atom. The van der Waals surface area contributed by atoms with Gasteiger partial charge in [0.1, 0.15) is 22.3 Å². The van der Waals surface area contributed by atoms with E-state index in [1.165, 1.54) is 14.0 Å². The summed E-state index contributed by atoms with van der Waals surface area (Å²) < 4.78 is 26.5. The first-order chi connectivity index (χ1) is 19.4.